The molecular weight excluding hydrogens is 228 g/mol. The average molecular weight is 250 g/mol. The van der Waals surface area contributed by atoms with E-state index in [0.29, 0.717) is 26.2 Å². The zero-order chi connectivity index (χ0) is 12.0. The SMILES string of the molecule is CCCCS(=O)(=O)N1CCOC(CNC)C1. The molecule has 16 heavy (non-hydrogen) atoms. The molecule has 0 aromatic heterocycles. The van der Waals surface area contributed by atoms with Crippen LogP contribution in [0.3, 0.4) is 0 Å². The number of nitrogens with one attached hydrogen (secondary N) is 1. The number of morpholine rings is 1. The normalized spacial score (nSPS) is 23.5. The highest BCUT2D eigenvalue weighted by molar-refractivity contribution is 7.89. The molecule has 0 radical (unpaired) electrons. The molecule has 0 aromatic rings. The summed E-state index contributed by atoms with van der Waals surface area (Å²) in [7, 11) is -1.23. The summed E-state index contributed by atoms with van der Waals surface area (Å²) >= 11 is 0. The molecular formula is C10H22N2O3S. The molecule has 0 amide bonds. The summed E-state index contributed by atoms with van der Waals surface area (Å²) in [4.78, 5) is 0. The van der Waals surface area contributed by atoms with Crippen molar-refractivity contribution in [1.82, 2.24) is 9.62 Å². The first-order valence-electron chi connectivity index (χ1n) is 5.84. The van der Waals surface area contributed by atoms with Crippen LogP contribution in [0.2, 0.25) is 0 Å². The van der Waals surface area contributed by atoms with Gasteiger partial charge in [-0.3, -0.25) is 0 Å². The molecule has 1 atom stereocenters. The predicted octanol–water partition coefficient (Wildman–Crippen LogP) is 0.0365. The number of nitrogens with zero attached hydrogens (tertiary/aromatic N) is 1. The lowest BCUT2D eigenvalue weighted by Gasteiger charge is -2.32. The molecule has 0 aromatic carbocycles. The van der Waals surface area contributed by atoms with Gasteiger partial charge in [-0.1, -0.05) is 13.3 Å². The molecule has 1 saturated heterocycles. The van der Waals surface area contributed by atoms with Crippen LogP contribution in [0.15, 0.2) is 0 Å². The van der Waals surface area contributed by atoms with E-state index in [9.17, 15) is 8.42 Å². The fraction of sp³-hybridized carbons (Fsp3) is 1.00. The van der Waals surface area contributed by atoms with Gasteiger partial charge >= 0.3 is 0 Å². The second-order valence-electron chi connectivity index (χ2n) is 4.08. The first-order chi connectivity index (χ1) is 7.60. The van der Waals surface area contributed by atoms with Crippen LogP contribution in [0.4, 0.5) is 0 Å². The van der Waals surface area contributed by atoms with Gasteiger partial charge in [0.2, 0.25) is 10.0 Å². The molecule has 0 saturated carbocycles. The maximum atomic E-state index is 11.9. The van der Waals surface area contributed by atoms with Gasteiger partial charge in [0.25, 0.3) is 0 Å². The standard InChI is InChI=1S/C10H22N2O3S/c1-3-4-7-16(13,14)12-5-6-15-10(9-12)8-11-2/h10-11H,3-9H2,1-2H3. The number of hydrogen-bond acceptors (Lipinski definition) is 4. The summed E-state index contributed by atoms with van der Waals surface area (Å²) in [6.45, 7) is 4.16. The van der Waals surface area contributed by atoms with E-state index in [2.05, 4.69) is 5.32 Å². The largest absolute Gasteiger partial charge is 0.374 e. The smallest absolute Gasteiger partial charge is 0.214 e. The molecule has 6 heteroatoms. The molecule has 96 valence electrons. The Kier molecular flexibility index (Phi) is 5.68. The van der Waals surface area contributed by atoms with Crippen LogP contribution in [-0.2, 0) is 14.8 Å². The van der Waals surface area contributed by atoms with E-state index in [1.165, 1.54) is 0 Å². The number of unbranched alkanes of at least 4 members (excludes halogenated alkanes) is 1. The van der Waals surface area contributed by atoms with Crippen molar-refractivity contribution in [1.29, 1.82) is 0 Å². The van der Waals surface area contributed by atoms with Crippen molar-refractivity contribution in [2.75, 3.05) is 39.0 Å². The summed E-state index contributed by atoms with van der Waals surface area (Å²) in [5.41, 5.74) is 0. The molecule has 1 fully saturated rings. The molecule has 1 N–H and O–H groups in total. The van der Waals surface area contributed by atoms with Gasteiger partial charge < -0.3 is 10.1 Å². The number of ether oxygens (including phenoxy) is 1. The van der Waals surface area contributed by atoms with Crippen molar-refractivity contribution in [2.24, 2.45) is 0 Å². The van der Waals surface area contributed by atoms with Crippen LogP contribution in [0, 0.1) is 0 Å². The summed E-state index contributed by atoms with van der Waals surface area (Å²) < 4.78 is 30.9. The van der Waals surface area contributed by atoms with E-state index in [1.54, 1.807) is 4.31 Å². The highest BCUT2D eigenvalue weighted by atomic mass is 32.2. The molecule has 1 unspecified atom stereocenters. The fourth-order valence-corrected chi connectivity index (χ4v) is 3.41. The van der Waals surface area contributed by atoms with Crippen LogP contribution in [-0.4, -0.2) is 57.9 Å². The van der Waals surface area contributed by atoms with Crippen LogP contribution in [0.1, 0.15) is 19.8 Å². The zero-order valence-corrected chi connectivity index (χ0v) is 10.9. The van der Waals surface area contributed by atoms with Crippen molar-refractivity contribution in [3.05, 3.63) is 0 Å². The van der Waals surface area contributed by atoms with Crippen molar-refractivity contribution in [3.8, 4) is 0 Å². The molecule has 0 spiro atoms. The monoisotopic (exact) mass is 250 g/mol. The van der Waals surface area contributed by atoms with Gasteiger partial charge in [-0.15, -0.1) is 0 Å². The highest BCUT2D eigenvalue weighted by Crippen LogP contribution is 2.11. The minimum atomic E-state index is -3.07. The molecule has 1 aliphatic heterocycles. The molecule has 0 bridgehead atoms. The lowest BCUT2D eigenvalue weighted by atomic mass is 10.3. The van der Waals surface area contributed by atoms with Gasteiger partial charge in [-0.05, 0) is 13.5 Å². The third-order valence-electron chi connectivity index (χ3n) is 2.68. The lowest BCUT2D eigenvalue weighted by molar-refractivity contribution is 0.000830. The number of sulfonamides is 1. The second-order valence-corrected chi connectivity index (χ2v) is 6.17. The van der Waals surface area contributed by atoms with Gasteiger partial charge in [0.15, 0.2) is 0 Å². The lowest BCUT2D eigenvalue weighted by Crippen LogP contribution is -2.49. The Hall–Kier alpha value is -0.170. The summed E-state index contributed by atoms with van der Waals surface area (Å²) in [5, 5.41) is 3.01. The van der Waals surface area contributed by atoms with Gasteiger partial charge in [0.1, 0.15) is 0 Å². The van der Waals surface area contributed by atoms with Crippen LogP contribution < -0.4 is 5.32 Å². The summed E-state index contributed by atoms with van der Waals surface area (Å²) in [6, 6.07) is 0. The van der Waals surface area contributed by atoms with E-state index in [4.69, 9.17) is 4.74 Å². The van der Waals surface area contributed by atoms with E-state index in [-0.39, 0.29) is 11.9 Å². The number of hydrogen-bond donors (Lipinski definition) is 1. The number of rotatable bonds is 6. The Bertz CT molecular complexity index is 290. The van der Waals surface area contributed by atoms with Gasteiger partial charge in [-0.25, -0.2) is 8.42 Å². The molecule has 1 aliphatic rings. The Labute approximate surface area is 98.2 Å². The predicted molar refractivity (Wildman–Crippen MR) is 63.9 cm³/mol. The Morgan fingerprint density at radius 1 is 1.50 bits per heavy atom. The van der Waals surface area contributed by atoms with Crippen molar-refractivity contribution < 1.29 is 13.2 Å². The van der Waals surface area contributed by atoms with Crippen LogP contribution in [0.25, 0.3) is 0 Å². The van der Waals surface area contributed by atoms with Crippen LogP contribution in [0.5, 0.6) is 0 Å². The zero-order valence-electron chi connectivity index (χ0n) is 10.1. The van der Waals surface area contributed by atoms with E-state index in [0.717, 1.165) is 12.8 Å². The minimum Gasteiger partial charge on any atom is -0.374 e. The Morgan fingerprint density at radius 3 is 2.88 bits per heavy atom. The molecule has 1 rings (SSSR count). The van der Waals surface area contributed by atoms with Gasteiger partial charge in [-0.2, -0.15) is 4.31 Å². The Balaban J connectivity index is 2.52. The van der Waals surface area contributed by atoms with E-state index in [1.807, 2.05) is 14.0 Å². The molecule has 1 heterocycles. The van der Waals surface area contributed by atoms with Crippen molar-refractivity contribution >= 4 is 10.0 Å². The topological polar surface area (TPSA) is 58.6 Å². The highest BCUT2D eigenvalue weighted by Gasteiger charge is 2.28. The Morgan fingerprint density at radius 2 is 2.25 bits per heavy atom. The summed E-state index contributed by atoms with van der Waals surface area (Å²) in [5.74, 6) is 0.260. The number of likely N-dealkylation sites (N-methyl/N-ethyl adjacent to an activating group) is 1. The van der Waals surface area contributed by atoms with Gasteiger partial charge in [0.05, 0.1) is 18.5 Å². The average Bonchev–Trinajstić information content (AvgIpc) is 2.27. The third-order valence-corrected chi connectivity index (χ3v) is 4.61. The summed E-state index contributed by atoms with van der Waals surface area (Å²) in [6.07, 6.45) is 1.62. The molecule has 0 aliphatic carbocycles. The third kappa shape index (κ3) is 4.01. The first-order valence-corrected chi connectivity index (χ1v) is 7.45. The fourth-order valence-electron chi connectivity index (χ4n) is 1.75. The van der Waals surface area contributed by atoms with E-state index < -0.39 is 10.0 Å². The molecule has 5 nitrogen and oxygen atoms in total. The first kappa shape index (κ1) is 13.9. The van der Waals surface area contributed by atoms with Crippen molar-refractivity contribution in [2.45, 2.75) is 25.9 Å². The van der Waals surface area contributed by atoms with E-state index >= 15 is 0 Å². The quantitative estimate of drug-likeness (QED) is 0.723. The second kappa shape index (κ2) is 6.54. The maximum Gasteiger partial charge on any atom is 0.214 e. The van der Waals surface area contributed by atoms with Crippen molar-refractivity contribution in [3.63, 3.8) is 0 Å². The maximum absolute atomic E-state index is 11.9. The van der Waals surface area contributed by atoms with Gasteiger partial charge in [0, 0.05) is 19.6 Å². The minimum absolute atomic E-state index is 0.0184. The van der Waals surface area contributed by atoms with Crippen LogP contribution >= 0.6 is 0 Å².